The molecular formula is C13H20BrNO5S. The van der Waals surface area contributed by atoms with Crippen LogP contribution in [0.2, 0.25) is 0 Å². The van der Waals surface area contributed by atoms with Crippen LogP contribution < -0.4 is 0 Å². The van der Waals surface area contributed by atoms with Crippen molar-refractivity contribution >= 4 is 31.9 Å². The number of furan rings is 1. The molecule has 8 heteroatoms. The van der Waals surface area contributed by atoms with Gasteiger partial charge in [-0.15, -0.1) is 0 Å². The van der Waals surface area contributed by atoms with Crippen LogP contribution in [0.15, 0.2) is 20.0 Å². The Kier molecular flexibility index (Phi) is 6.42. The van der Waals surface area contributed by atoms with Crippen LogP contribution in [0, 0.1) is 0 Å². The van der Waals surface area contributed by atoms with Crippen molar-refractivity contribution in [1.82, 2.24) is 4.31 Å². The molecule has 0 fully saturated rings. The van der Waals surface area contributed by atoms with Gasteiger partial charge in [-0.05, 0) is 35.7 Å². The van der Waals surface area contributed by atoms with Crippen molar-refractivity contribution in [1.29, 1.82) is 0 Å². The van der Waals surface area contributed by atoms with Crippen molar-refractivity contribution in [2.24, 2.45) is 0 Å². The molecule has 6 nitrogen and oxygen atoms in total. The summed E-state index contributed by atoms with van der Waals surface area (Å²) in [6, 6.07) is 0.875. The van der Waals surface area contributed by atoms with Gasteiger partial charge < -0.3 is 9.52 Å². The van der Waals surface area contributed by atoms with Crippen molar-refractivity contribution in [3.63, 3.8) is 0 Å². The summed E-state index contributed by atoms with van der Waals surface area (Å²) in [5.74, 6) is -1.71. The standard InChI is InChI=1S/C13H20BrNO5S/c1-4-6-7-15(9(3)5-2)21(18,19)11-8-10(13(16)17)20-12(11)14/h8-9H,4-7H2,1-3H3,(H,16,17). The van der Waals surface area contributed by atoms with Gasteiger partial charge >= 0.3 is 5.97 Å². The number of nitrogens with zero attached hydrogens (tertiary/aromatic N) is 1. The number of halogens is 1. The molecule has 1 rings (SSSR count). The summed E-state index contributed by atoms with van der Waals surface area (Å²) in [5.41, 5.74) is 0. The molecule has 1 unspecified atom stereocenters. The normalized spacial score (nSPS) is 13.6. The molecule has 0 saturated heterocycles. The number of hydrogen-bond acceptors (Lipinski definition) is 4. The van der Waals surface area contributed by atoms with Crippen LogP contribution in [0.1, 0.15) is 50.6 Å². The molecule has 0 aromatic carbocycles. The zero-order valence-corrected chi connectivity index (χ0v) is 14.7. The first kappa shape index (κ1) is 18.2. The van der Waals surface area contributed by atoms with Gasteiger partial charge in [0.15, 0.2) is 4.67 Å². The van der Waals surface area contributed by atoms with Gasteiger partial charge in [-0.1, -0.05) is 20.3 Å². The van der Waals surface area contributed by atoms with E-state index >= 15 is 0 Å². The van der Waals surface area contributed by atoms with E-state index in [1.165, 1.54) is 4.31 Å². The second-order valence-electron chi connectivity index (χ2n) is 4.78. The van der Waals surface area contributed by atoms with Crippen molar-refractivity contribution in [3.8, 4) is 0 Å². The first-order chi connectivity index (χ1) is 9.75. The molecule has 1 heterocycles. The third-order valence-electron chi connectivity index (χ3n) is 3.27. The van der Waals surface area contributed by atoms with Gasteiger partial charge in [0.1, 0.15) is 4.90 Å². The molecule has 0 aliphatic carbocycles. The molecule has 0 aliphatic rings. The fraction of sp³-hybridized carbons (Fsp3) is 0.615. The van der Waals surface area contributed by atoms with E-state index in [2.05, 4.69) is 15.9 Å². The quantitative estimate of drug-likeness (QED) is 0.745. The smallest absolute Gasteiger partial charge is 0.371 e. The first-order valence-corrected chi connectivity index (χ1v) is 9.03. The minimum absolute atomic E-state index is 0.0790. The molecule has 0 spiro atoms. The summed E-state index contributed by atoms with van der Waals surface area (Å²) in [7, 11) is -3.80. The zero-order valence-electron chi connectivity index (χ0n) is 12.3. The number of carbonyl (C=O) groups is 1. The largest absolute Gasteiger partial charge is 0.475 e. The number of carboxylic acids is 1. The SMILES string of the molecule is CCCCN(C(C)CC)S(=O)(=O)c1cc(C(=O)O)oc1Br. The van der Waals surface area contributed by atoms with Crippen LogP contribution in [0.4, 0.5) is 0 Å². The van der Waals surface area contributed by atoms with Crippen molar-refractivity contribution < 1.29 is 22.7 Å². The predicted molar refractivity (Wildman–Crippen MR) is 81.9 cm³/mol. The highest BCUT2D eigenvalue weighted by Gasteiger charge is 2.32. The highest BCUT2D eigenvalue weighted by atomic mass is 79.9. The van der Waals surface area contributed by atoms with E-state index in [4.69, 9.17) is 9.52 Å². The summed E-state index contributed by atoms with van der Waals surface area (Å²) >= 11 is 2.99. The Morgan fingerprint density at radius 2 is 2.10 bits per heavy atom. The van der Waals surface area contributed by atoms with Crippen molar-refractivity contribution in [2.45, 2.75) is 51.0 Å². The molecule has 1 atom stereocenters. The fourth-order valence-electron chi connectivity index (χ4n) is 1.85. The number of unbranched alkanes of at least 4 members (excludes halogenated alkanes) is 1. The van der Waals surface area contributed by atoms with Crippen LogP contribution in [0.3, 0.4) is 0 Å². The van der Waals surface area contributed by atoms with Gasteiger partial charge in [0, 0.05) is 18.7 Å². The minimum atomic E-state index is -3.80. The van der Waals surface area contributed by atoms with E-state index in [0.29, 0.717) is 13.0 Å². The summed E-state index contributed by atoms with van der Waals surface area (Å²) in [5, 5.41) is 8.90. The Hall–Kier alpha value is -0.860. The molecule has 0 bridgehead atoms. The topological polar surface area (TPSA) is 87.8 Å². The molecule has 1 N–H and O–H groups in total. The number of hydrogen-bond donors (Lipinski definition) is 1. The van der Waals surface area contributed by atoms with Crippen LogP contribution in [0.5, 0.6) is 0 Å². The molecular weight excluding hydrogens is 362 g/mol. The lowest BCUT2D eigenvalue weighted by atomic mass is 10.2. The van der Waals surface area contributed by atoms with E-state index in [1.807, 2.05) is 20.8 Å². The fourth-order valence-corrected chi connectivity index (χ4v) is 4.50. The summed E-state index contributed by atoms with van der Waals surface area (Å²) in [6.45, 7) is 6.12. The number of sulfonamides is 1. The van der Waals surface area contributed by atoms with Gasteiger partial charge in [0.2, 0.25) is 15.8 Å². The average Bonchev–Trinajstić information content (AvgIpc) is 2.81. The molecule has 0 saturated carbocycles. The molecule has 0 aliphatic heterocycles. The lowest BCUT2D eigenvalue weighted by Gasteiger charge is -2.27. The molecule has 1 aromatic rings. The Balaban J connectivity index is 3.24. The van der Waals surface area contributed by atoms with E-state index < -0.39 is 21.8 Å². The van der Waals surface area contributed by atoms with Crippen molar-refractivity contribution in [2.75, 3.05) is 6.54 Å². The van der Waals surface area contributed by atoms with Crippen LogP contribution in [-0.4, -0.2) is 36.4 Å². The second-order valence-corrected chi connectivity index (χ2v) is 7.36. The molecule has 1 aromatic heterocycles. The summed E-state index contributed by atoms with van der Waals surface area (Å²) < 4.78 is 31.7. The van der Waals surface area contributed by atoms with Gasteiger partial charge in [0.25, 0.3) is 0 Å². The van der Waals surface area contributed by atoms with Crippen LogP contribution >= 0.6 is 15.9 Å². The zero-order chi connectivity index (χ0) is 16.2. The minimum Gasteiger partial charge on any atom is -0.475 e. The highest BCUT2D eigenvalue weighted by Crippen LogP contribution is 2.30. The first-order valence-electron chi connectivity index (χ1n) is 6.80. The maximum atomic E-state index is 12.7. The predicted octanol–water partition coefficient (Wildman–Crippen LogP) is 3.33. The Labute approximate surface area is 133 Å². The number of aromatic carboxylic acids is 1. The van der Waals surface area contributed by atoms with Crippen LogP contribution in [-0.2, 0) is 10.0 Å². The van der Waals surface area contributed by atoms with E-state index in [9.17, 15) is 13.2 Å². The maximum Gasteiger partial charge on any atom is 0.371 e. The molecule has 0 radical (unpaired) electrons. The van der Waals surface area contributed by atoms with Gasteiger partial charge in [-0.2, -0.15) is 4.31 Å². The van der Waals surface area contributed by atoms with Gasteiger partial charge in [-0.25, -0.2) is 13.2 Å². The Morgan fingerprint density at radius 3 is 2.52 bits per heavy atom. The number of rotatable bonds is 8. The number of carboxylic acid groups (broad SMARTS) is 1. The van der Waals surface area contributed by atoms with E-state index in [0.717, 1.165) is 18.9 Å². The van der Waals surface area contributed by atoms with E-state index in [-0.39, 0.29) is 15.6 Å². The molecule has 0 amide bonds. The molecule has 120 valence electrons. The Bertz CT molecular complexity index is 596. The maximum absolute atomic E-state index is 12.7. The lowest BCUT2D eigenvalue weighted by Crippen LogP contribution is -2.39. The molecule has 21 heavy (non-hydrogen) atoms. The van der Waals surface area contributed by atoms with Gasteiger partial charge in [-0.3, -0.25) is 0 Å². The third-order valence-corrected chi connectivity index (χ3v) is 6.14. The lowest BCUT2D eigenvalue weighted by molar-refractivity contribution is 0.0661. The van der Waals surface area contributed by atoms with Crippen molar-refractivity contribution in [3.05, 3.63) is 16.5 Å². The summed E-state index contributed by atoms with van der Waals surface area (Å²) in [4.78, 5) is 10.8. The monoisotopic (exact) mass is 381 g/mol. The highest BCUT2D eigenvalue weighted by molar-refractivity contribution is 9.10. The summed E-state index contributed by atoms with van der Waals surface area (Å²) in [6.07, 6.45) is 2.28. The Morgan fingerprint density at radius 1 is 1.48 bits per heavy atom. The third kappa shape index (κ3) is 4.08. The van der Waals surface area contributed by atoms with Gasteiger partial charge in [0.05, 0.1) is 0 Å². The van der Waals surface area contributed by atoms with Crippen LogP contribution in [0.25, 0.3) is 0 Å². The van der Waals surface area contributed by atoms with E-state index in [1.54, 1.807) is 0 Å². The second kappa shape index (κ2) is 7.42. The average molecular weight is 382 g/mol.